The van der Waals surface area contributed by atoms with Crippen molar-refractivity contribution in [3.8, 4) is 0 Å². The van der Waals surface area contributed by atoms with Crippen LogP contribution in [0, 0.1) is 0 Å². The number of piperidine rings is 1. The quantitative estimate of drug-likeness (QED) is 0.717. The summed E-state index contributed by atoms with van der Waals surface area (Å²) in [4.78, 5) is 14.5. The summed E-state index contributed by atoms with van der Waals surface area (Å²) in [5.74, 6) is -0.106. The molecule has 128 valence electrons. The normalized spacial score (nSPS) is 20.9. The maximum atomic E-state index is 12.4. The molecule has 7 nitrogen and oxygen atoms in total. The largest absolute Gasteiger partial charge is 0.325 e. The first-order valence-corrected chi connectivity index (χ1v) is 9.21. The van der Waals surface area contributed by atoms with Gasteiger partial charge in [-0.25, -0.2) is 13.6 Å². The predicted molar refractivity (Wildman–Crippen MR) is 89.6 cm³/mol. The van der Waals surface area contributed by atoms with Crippen molar-refractivity contribution in [2.24, 2.45) is 5.14 Å². The Balaban J connectivity index is 1.98. The molecule has 2 atom stereocenters. The molecule has 0 spiro atoms. The van der Waals surface area contributed by atoms with E-state index in [1.54, 1.807) is 0 Å². The van der Waals surface area contributed by atoms with E-state index in [1.165, 1.54) is 24.3 Å². The van der Waals surface area contributed by atoms with Gasteiger partial charge in [0.25, 0.3) is 0 Å². The van der Waals surface area contributed by atoms with Crippen molar-refractivity contribution in [1.82, 2.24) is 10.2 Å². The van der Waals surface area contributed by atoms with Crippen molar-refractivity contribution in [2.45, 2.75) is 36.7 Å². The van der Waals surface area contributed by atoms with Crippen LogP contribution in [0.1, 0.15) is 19.8 Å². The van der Waals surface area contributed by atoms with E-state index in [0.29, 0.717) is 11.7 Å². The van der Waals surface area contributed by atoms with Gasteiger partial charge in [0, 0.05) is 18.3 Å². The minimum absolute atomic E-state index is 0.0245. The zero-order chi connectivity index (χ0) is 17.0. The molecule has 2 rings (SSSR count). The van der Waals surface area contributed by atoms with E-state index < -0.39 is 10.0 Å². The van der Waals surface area contributed by atoms with E-state index >= 15 is 0 Å². The number of primary sulfonamides is 1. The molecule has 1 saturated heterocycles. The Hall–Kier alpha value is -1.48. The van der Waals surface area contributed by atoms with Crippen LogP contribution in [0.4, 0.5) is 5.69 Å². The van der Waals surface area contributed by atoms with Crippen LogP contribution in [0.2, 0.25) is 0 Å². The smallest absolute Gasteiger partial charge is 0.241 e. The third-order valence-corrected chi connectivity index (χ3v) is 5.17. The van der Waals surface area contributed by atoms with Crippen LogP contribution < -0.4 is 15.8 Å². The molecule has 0 radical (unpaired) electrons. The molecule has 4 N–H and O–H groups in total. The van der Waals surface area contributed by atoms with Gasteiger partial charge in [-0.15, -0.1) is 0 Å². The maximum absolute atomic E-state index is 12.4. The third kappa shape index (κ3) is 4.74. The van der Waals surface area contributed by atoms with Crippen LogP contribution in [0.3, 0.4) is 0 Å². The number of carbonyl (C=O) groups excluding carboxylic acids is 1. The Morgan fingerprint density at radius 3 is 2.57 bits per heavy atom. The van der Waals surface area contributed by atoms with Crippen LogP contribution in [0.15, 0.2) is 29.2 Å². The molecule has 0 bridgehead atoms. The second-order valence-corrected chi connectivity index (χ2v) is 7.42. The summed E-state index contributed by atoms with van der Waals surface area (Å²) in [5, 5.41) is 11.1. The summed E-state index contributed by atoms with van der Waals surface area (Å²) in [5.41, 5.74) is 0.552. The van der Waals surface area contributed by atoms with Gasteiger partial charge in [-0.3, -0.25) is 9.69 Å². The number of nitrogens with one attached hydrogen (secondary N) is 2. The molecule has 1 aliphatic heterocycles. The van der Waals surface area contributed by atoms with Gasteiger partial charge >= 0.3 is 0 Å². The fraction of sp³-hybridized carbons (Fsp3) is 0.533. The summed E-state index contributed by atoms with van der Waals surface area (Å²) in [7, 11) is -1.78. The molecule has 1 heterocycles. The van der Waals surface area contributed by atoms with E-state index in [-0.39, 0.29) is 16.8 Å². The van der Waals surface area contributed by atoms with Gasteiger partial charge in [0.1, 0.15) is 0 Å². The maximum Gasteiger partial charge on any atom is 0.241 e. The predicted octanol–water partition coefficient (Wildman–Crippen LogP) is 0.345. The summed E-state index contributed by atoms with van der Waals surface area (Å²) in [6.45, 7) is 3.62. The van der Waals surface area contributed by atoms with Crippen molar-refractivity contribution in [3.05, 3.63) is 24.3 Å². The molecule has 2 unspecified atom stereocenters. The molecule has 8 heteroatoms. The Kier molecular flexibility index (Phi) is 5.74. The van der Waals surface area contributed by atoms with Crippen LogP contribution in [-0.2, 0) is 14.8 Å². The van der Waals surface area contributed by atoms with E-state index in [4.69, 9.17) is 5.14 Å². The van der Waals surface area contributed by atoms with Crippen molar-refractivity contribution in [3.63, 3.8) is 0 Å². The highest BCUT2D eigenvalue weighted by atomic mass is 32.2. The lowest BCUT2D eigenvalue weighted by Gasteiger charge is -2.35. The zero-order valence-electron chi connectivity index (χ0n) is 13.5. The Morgan fingerprint density at radius 2 is 2.00 bits per heavy atom. The van der Waals surface area contributed by atoms with Crippen molar-refractivity contribution >= 4 is 21.6 Å². The number of benzene rings is 1. The highest BCUT2D eigenvalue weighted by molar-refractivity contribution is 7.89. The minimum atomic E-state index is -3.72. The number of sulfonamides is 1. The van der Waals surface area contributed by atoms with Gasteiger partial charge in [-0.2, -0.15) is 0 Å². The molecule has 1 aromatic carbocycles. The molecular weight excluding hydrogens is 316 g/mol. The summed E-state index contributed by atoms with van der Waals surface area (Å²) < 4.78 is 22.4. The van der Waals surface area contributed by atoms with Crippen LogP contribution in [0.5, 0.6) is 0 Å². The molecule has 0 aromatic heterocycles. The first-order valence-electron chi connectivity index (χ1n) is 7.66. The van der Waals surface area contributed by atoms with Gasteiger partial charge < -0.3 is 10.6 Å². The van der Waals surface area contributed by atoms with E-state index in [2.05, 4.69) is 15.5 Å². The number of carbonyl (C=O) groups is 1. The van der Waals surface area contributed by atoms with Gasteiger partial charge in [0.2, 0.25) is 15.9 Å². The zero-order valence-corrected chi connectivity index (χ0v) is 14.3. The molecule has 1 aromatic rings. The van der Waals surface area contributed by atoms with Crippen LogP contribution >= 0.6 is 0 Å². The monoisotopic (exact) mass is 340 g/mol. The summed E-state index contributed by atoms with van der Waals surface area (Å²) in [6, 6.07) is 6.01. The Bertz CT molecular complexity index is 645. The number of likely N-dealkylation sites (N-methyl/N-ethyl adjacent to an activating group) is 1. The Morgan fingerprint density at radius 1 is 1.35 bits per heavy atom. The number of anilines is 1. The number of rotatable bonds is 5. The highest BCUT2D eigenvalue weighted by Gasteiger charge is 2.26. The number of hydrogen-bond donors (Lipinski definition) is 3. The third-order valence-electron chi connectivity index (χ3n) is 4.24. The SMILES string of the molecule is CNC1CCCN(C(C)C(=O)Nc2ccc(S(N)(=O)=O)cc2)C1. The van der Waals surface area contributed by atoms with Crippen molar-refractivity contribution < 1.29 is 13.2 Å². The summed E-state index contributed by atoms with van der Waals surface area (Å²) >= 11 is 0. The molecule has 0 aliphatic carbocycles. The van der Waals surface area contributed by atoms with Crippen LogP contribution in [0.25, 0.3) is 0 Å². The second kappa shape index (κ2) is 7.39. The first-order chi connectivity index (χ1) is 10.8. The average molecular weight is 340 g/mol. The molecular formula is C15H24N4O3S. The van der Waals surface area contributed by atoms with Crippen molar-refractivity contribution in [2.75, 3.05) is 25.5 Å². The van der Waals surface area contributed by atoms with Crippen LogP contribution in [-0.4, -0.2) is 51.4 Å². The molecule has 1 fully saturated rings. The standard InChI is InChI=1S/C15H24N4O3S/c1-11(19-9-3-4-13(10-19)17-2)15(20)18-12-5-7-14(8-6-12)23(16,21)22/h5-8,11,13,17H,3-4,9-10H2,1-2H3,(H,18,20)(H2,16,21,22). The van der Waals surface area contributed by atoms with E-state index in [1.807, 2.05) is 14.0 Å². The summed E-state index contributed by atoms with van der Waals surface area (Å²) in [6.07, 6.45) is 2.18. The van der Waals surface area contributed by atoms with Gasteiger partial charge in [0.05, 0.1) is 10.9 Å². The number of nitrogens with two attached hydrogens (primary N) is 1. The fourth-order valence-corrected chi connectivity index (χ4v) is 3.25. The number of likely N-dealkylation sites (tertiary alicyclic amines) is 1. The molecule has 1 aliphatic rings. The number of hydrogen-bond acceptors (Lipinski definition) is 5. The Labute approximate surface area is 137 Å². The number of amides is 1. The highest BCUT2D eigenvalue weighted by Crippen LogP contribution is 2.16. The minimum Gasteiger partial charge on any atom is -0.325 e. The fourth-order valence-electron chi connectivity index (χ4n) is 2.73. The van der Waals surface area contributed by atoms with E-state index in [0.717, 1.165) is 25.9 Å². The molecule has 0 saturated carbocycles. The lowest BCUT2D eigenvalue weighted by Crippen LogP contribution is -2.51. The average Bonchev–Trinajstić information content (AvgIpc) is 2.53. The second-order valence-electron chi connectivity index (χ2n) is 5.86. The first kappa shape index (κ1) is 17.9. The molecule has 1 amide bonds. The van der Waals surface area contributed by atoms with Gasteiger partial charge in [0.15, 0.2) is 0 Å². The number of nitrogens with zero attached hydrogens (tertiary/aromatic N) is 1. The van der Waals surface area contributed by atoms with Gasteiger partial charge in [-0.1, -0.05) is 0 Å². The lowest BCUT2D eigenvalue weighted by atomic mass is 10.0. The lowest BCUT2D eigenvalue weighted by molar-refractivity contribution is -0.121. The van der Waals surface area contributed by atoms with Crippen molar-refractivity contribution in [1.29, 1.82) is 0 Å². The van der Waals surface area contributed by atoms with E-state index in [9.17, 15) is 13.2 Å². The van der Waals surface area contributed by atoms with Gasteiger partial charge in [-0.05, 0) is 57.6 Å². The molecule has 23 heavy (non-hydrogen) atoms. The topological polar surface area (TPSA) is 105 Å².